The third kappa shape index (κ3) is 3.43. The molecule has 2 N–H and O–H groups in total. The van der Waals surface area contributed by atoms with Crippen LogP contribution in [0.1, 0.15) is 13.8 Å². The Morgan fingerprint density at radius 2 is 1.93 bits per heavy atom. The summed E-state index contributed by atoms with van der Waals surface area (Å²) >= 11 is 1.62. The Bertz CT molecular complexity index is 452. The summed E-state index contributed by atoms with van der Waals surface area (Å²) in [4.78, 5) is 1.20. The zero-order chi connectivity index (χ0) is 11.6. The average molecular weight is 245 g/mol. The quantitative estimate of drug-likeness (QED) is 0.655. The van der Waals surface area contributed by atoms with E-state index in [1.165, 1.54) is 12.3 Å². The lowest BCUT2D eigenvalue weighted by Crippen LogP contribution is -2.00. The predicted octanol–water partition coefficient (Wildman–Crippen LogP) is 2.17. The normalized spacial score (nSPS) is 12.0. The van der Waals surface area contributed by atoms with Crippen LogP contribution in [-0.4, -0.2) is 19.9 Å². The van der Waals surface area contributed by atoms with Crippen molar-refractivity contribution < 1.29 is 8.42 Å². The van der Waals surface area contributed by atoms with Crippen molar-refractivity contribution in [2.24, 2.45) is 0 Å². The van der Waals surface area contributed by atoms with Gasteiger partial charge in [-0.05, 0) is 18.2 Å². The maximum absolute atomic E-state index is 11.3. The van der Waals surface area contributed by atoms with Gasteiger partial charge in [0.25, 0.3) is 0 Å². The summed E-state index contributed by atoms with van der Waals surface area (Å²) in [6.45, 7) is 4.13. The van der Waals surface area contributed by atoms with Gasteiger partial charge in [-0.1, -0.05) is 13.8 Å². The van der Waals surface area contributed by atoms with Crippen LogP contribution in [0.5, 0.6) is 0 Å². The fourth-order valence-electron chi connectivity index (χ4n) is 1.12. The van der Waals surface area contributed by atoms with E-state index < -0.39 is 9.84 Å². The van der Waals surface area contributed by atoms with Crippen molar-refractivity contribution in [3.8, 4) is 0 Å². The minimum Gasteiger partial charge on any atom is -0.398 e. The SMILES string of the molecule is CC(C)Sc1ccc(S(C)(=O)=O)cc1N. The fourth-order valence-corrected chi connectivity index (χ4v) is 2.62. The van der Waals surface area contributed by atoms with E-state index in [1.807, 2.05) is 0 Å². The molecule has 0 amide bonds. The first kappa shape index (κ1) is 12.4. The van der Waals surface area contributed by atoms with Gasteiger partial charge in [0.1, 0.15) is 0 Å². The monoisotopic (exact) mass is 245 g/mol. The van der Waals surface area contributed by atoms with Crippen molar-refractivity contribution in [2.45, 2.75) is 28.9 Å². The molecule has 84 valence electrons. The highest BCUT2D eigenvalue weighted by molar-refractivity contribution is 8.00. The smallest absolute Gasteiger partial charge is 0.175 e. The minimum absolute atomic E-state index is 0.271. The van der Waals surface area contributed by atoms with Crippen molar-refractivity contribution in [2.75, 3.05) is 12.0 Å². The van der Waals surface area contributed by atoms with Crippen LogP contribution in [-0.2, 0) is 9.84 Å². The molecule has 0 saturated carbocycles. The molecular formula is C10H15NO2S2. The van der Waals surface area contributed by atoms with Crippen LogP contribution in [0.3, 0.4) is 0 Å². The molecule has 0 aliphatic carbocycles. The maximum atomic E-state index is 11.3. The van der Waals surface area contributed by atoms with Crippen molar-refractivity contribution in [1.29, 1.82) is 0 Å². The molecule has 0 fully saturated rings. The summed E-state index contributed by atoms with van der Waals surface area (Å²) in [5.74, 6) is 0. The summed E-state index contributed by atoms with van der Waals surface area (Å²) in [6, 6.07) is 4.87. The Kier molecular flexibility index (Phi) is 3.67. The van der Waals surface area contributed by atoms with E-state index in [9.17, 15) is 8.42 Å². The molecule has 3 nitrogen and oxygen atoms in total. The van der Waals surface area contributed by atoms with Gasteiger partial charge in [-0.2, -0.15) is 0 Å². The molecule has 0 aliphatic rings. The summed E-state index contributed by atoms with van der Waals surface area (Å²) < 4.78 is 22.5. The molecule has 0 saturated heterocycles. The number of benzene rings is 1. The van der Waals surface area contributed by atoms with Crippen molar-refractivity contribution in [1.82, 2.24) is 0 Å². The van der Waals surface area contributed by atoms with Crippen LogP contribution in [0.4, 0.5) is 5.69 Å². The average Bonchev–Trinajstić information content (AvgIpc) is 2.05. The first-order valence-electron chi connectivity index (χ1n) is 4.57. The number of nitrogens with two attached hydrogens (primary N) is 1. The number of anilines is 1. The molecule has 1 aromatic carbocycles. The van der Waals surface area contributed by atoms with Crippen molar-refractivity contribution >= 4 is 27.3 Å². The summed E-state index contributed by atoms with van der Waals surface area (Å²) in [6.07, 6.45) is 1.18. The van der Waals surface area contributed by atoms with Gasteiger partial charge in [0, 0.05) is 22.1 Å². The molecule has 0 unspecified atom stereocenters. The number of sulfone groups is 1. The number of nitrogen functional groups attached to an aromatic ring is 1. The van der Waals surface area contributed by atoms with Gasteiger partial charge < -0.3 is 5.73 Å². The Morgan fingerprint density at radius 1 is 1.33 bits per heavy atom. The van der Waals surface area contributed by atoms with E-state index in [2.05, 4.69) is 13.8 Å². The van der Waals surface area contributed by atoms with Crippen LogP contribution in [0.15, 0.2) is 28.0 Å². The van der Waals surface area contributed by atoms with Gasteiger partial charge in [0.15, 0.2) is 9.84 Å². The lowest BCUT2D eigenvalue weighted by molar-refractivity contribution is 0.602. The number of rotatable bonds is 3. The van der Waals surface area contributed by atoms with Gasteiger partial charge in [-0.3, -0.25) is 0 Å². The van der Waals surface area contributed by atoms with E-state index in [1.54, 1.807) is 23.9 Å². The van der Waals surface area contributed by atoms with Crippen LogP contribution >= 0.6 is 11.8 Å². The summed E-state index contributed by atoms with van der Waals surface area (Å²) in [7, 11) is -3.16. The number of hydrogen-bond donors (Lipinski definition) is 1. The Hall–Kier alpha value is -0.680. The molecule has 0 bridgehead atoms. The van der Waals surface area contributed by atoms with E-state index in [0.717, 1.165) is 4.90 Å². The van der Waals surface area contributed by atoms with Gasteiger partial charge in [-0.15, -0.1) is 11.8 Å². The lowest BCUT2D eigenvalue weighted by Gasteiger charge is -2.09. The van der Waals surface area contributed by atoms with Gasteiger partial charge in [-0.25, -0.2) is 8.42 Å². The zero-order valence-electron chi connectivity index (χ0n) is 9.02. The van der Waals surface area contributed by atoms with E-state index in [-0.39, 0.29) is 4.90 Å². The largest absolute Gasteiger partial charge is 0.398 e. The second-order valence-electron chi connectivity index (χ2n) is 3.64. The first-order chi connectivity index (χ1) is 6.80. The molecule has 0 spiro atoms. The standard InChI is InChI=1S/C10H15NO2S2/c1-7(2)14-10-5-4-8(6-9(10)11)15(3,12)13/h4-7H,11H2,1-3H3. The van der Waals surface area contributed by atoms with Gasteiger partial charge >= 0.3 is 0 Å². The van der Waals surface area contributed by atoms with Crippen LogP contribution in [0.25, 0.3) is 0 Å². The van der Waals surface area contributed by atoms with Crippen LogP contribution in [0, 0.1) is 0 Å². The fraction of sp³-hybridized carbons (Fsp3) is 0.400. The Balaban J connectivity index is 3.09. The summed E-state index contributed by atoms with van der Waals surface area (Å²) in [5.41, 5.74) is 6.31. The van der Waals surface area contributed by atoms with Crippen molar-refractivity contribution in [3.63, 3.8) is 0 Å². The molecule has 1 rings (SSSR count). The van der Waals surface area contributed by atoms with Crippen molar-refractivity contribution in [3.05, 3.63) is 18.2 Å². The molecule has 15 heavy (non-hydrogen) atoms. The molecule has 0 aromatic heterocycles. The molecule has 5 heteroatoms. The molecular weight excluding hydrogens is 230 g/mol. The third-order valence-corrected chi connectivity index (χ3v) is 3.98. The van der Waals surface area contributed by atoms with E-state index in [4.69, 9.17) is 5.73 Å². The van der Waals surface area contributed by atoms with Crippen LogP contribution < -0.4 is 5.73 Å². The van der Waals surface area contributed by atoms with Gasteiger partial charge in [0.2, 0.25) is 0 Å². The Labute approximate surface area is 95.0 Å². The lowest BCUT2D eigenvalue weighted by atomic mass is 10.3. The second-order valence-corrected chi connectivity index (χ2v) is 7.27. The van der Waals surface area contributed by atoms with E-state index >= 15 is 0 Å². The highest BCUT2D eigenvalue weighted by Crippen LogP contribution is 2.30. The predicted molar refractivity (Wildman–Crippen MR) is 65.0 cm³/mol. The number of hydrogen-bond acceptors (Lipinski definition) is 4. The second kappa shape index (κ2) is 4.45. The Morgan fingerprint density at radius 3 is 2.33 bits per heavy atom. The summed E-state index contributed by atoms with van der Waals surface area (Å²) in [5, 5.41) is 0.427. The number of thioether (sulfide) groups is 1. The minimum atomic E-state index is -3.16. The molecule has 0 radical (unpaired) electrons. The first-order valence-corrected chi connectivity index (χ1v) is 7.34. The molecule has 0 aliphatic heterocycles. The van der Waals surface area contributed by atoms with Crippen LogP contribution in [0.2, 0.25) is 0 Å². The zero-order valence-corrected chi connectivity index (χ0v) is 10.7. The highest BCUT2D eigenvalue weighted by Gasteiger charge is 2.10. The highest BCUT2D eigenvalue weighted by atomic mass is 32.2. The third-order valence-electron chi connectivity index (χ3n) is 1.77. The van der Waals surface area contributed by atoms with E-state index in [0.29, 0.717) is 10.9 Å². The van der Waals surface area contributed by atoms with Gasteiger partial charge in [0.05, 0.1) is 4.90 Å². The molecule has 1 aromatic rings. The maximum Gasteiger partial charge on any atom is 0.175 e. The molecule has 0 atom stereocenters. The topological polar surface area (TPSA) is 60.2 Å². The molecule has 0 heterocycles.